The molecule has 0 amide bonds. The van der Waals surface area contributed by atoms with E-state index < -0.39 is 5.97 Å². The average molecular weight is 207 g/mol. The average Bonchev–Trinajstić information content (AvgIpc) is 2.12. The second-order valence-corrected chi connectivity index (χ2v) is 3.90. The molecule has 0 saturated carbocycles. The van der Waals surface area contributed by atoms with Crippen LogP contribution in [0.4, 0.5) is 5.82 Å². The number of carboxylic acid groups (broad SMARTS) is 1. The molecule has 1 N–H and O–H groups in total. The summed E-state index contributed by atoms with van der Waals surface area (Å²) in [6, 6.07) is 3.83. The zero-order valence-corrected chi connectivity index (χ0v) is 8.55. The first-order valence-electron chi connectivity index (χ1n) is 4.92. The third kappa shape index (κ3) is 2.23. The lowest BCUT2D eigenvalue weighted by atomic mass is 9.96. The van der Waals surface area contributed by atoms with E-state index in [0.717, 1.165) is 24.6 Å². The van der Waals surface area contributed by atoms with Crippen molar-refractivity contribution in [2.75, 3.05) is 18.0 Å². The maximum atomic E-state index is 10.4. The second kappa shape index (κ2) is 3.84. The second-order valence-electron chi connectivity index (χ2n) is 3.90. The molecular weight excluding hydrogens is 194 g/mol. The summed E-state index contributed by atoms with van der Waals surface area (Å²) in [7, 11) is 0. The highest BCUT2D eigenvalue weighted by Gasteiger charge is 2.29. The molecular formula is C10H13N3O2. The minimum absolute atomic E-state index is 0.246. The van der Waals surface area contributed by atoms with Crippen LogP contribution in [0.5, 0.6) is 0 Å². The number of aryl methyl sites for hydroxylation is 1. The number of aromatic nitrogens is 2. The lowest BCUT2D eigenvalue weighted by Gasteiger charge is -2.39. The van der Waals surface area contributed by atoms with E-state index in [4.69, 9.17) is 5.11 Å². The Balaban J connectivity index is 1.89. The van der Waals surface area contributed by atoms with Crippen LogP contribution in [0, 0.1) is 12.8 Å². The summed E-state index contributed by atoms with van der Waals surface area (Å²) in [6.45, 7) is 3.42. The predicted molar refractivity (Wildman–Crippen MR) is 54.7 cm³/mol. The van der Waals surface area contributed by atoms with Gasteiger partial charge in [0.05, 0.1) is 12.1 Å². The van der Waals surface area contributed by atoms with Crippen LogP contribution in [-0.4, -0.2) is 34.4 Å². The van der Waals surface area contributed by atoms with Gasteiger partial charge >= 0.3 is 5.97 Å². The Kier molecular flexibility index (Phi) is 2.53. The molecule has 1 saturated heterocycles. The molecule has 1 aromatic heterocycles. The van der Waals surface area contributed by atoms with Crippen molar-refractivity contribution in [2.24, 2.45) is 5.92 Å². The van der Waals surface area contributed by atoms with Crippen LogP contribution in [-0.2, 0) is 4.79 Å². The molecule has 0 radical (unpaired) electrons. The van der Waals surface area contributed by atoms with Gasteiger partial charge in [-0.2, -0.15) is 5.10 Å². The maximum Gasteiger partial charge on any atom is 0.303 e. The zero-order chi connectivity index (χ0) is 10.8. The molecule has 2 rings (SSSR count). The van der Waals surface area contributed by atoms with Gasteiger partial charge in [-0.15, -0.1) is 5.10 Å². The van der Waals surface area contributed by atoms with Gasteiger partial charge in [-0.3, -0.25) is 4.79 Å². The monoisotopic (exact) mass is 207 g/mol. The minimum Gasteiger partial charge on any atom is -0.481 e. The van der Waals surface area contributed by atoms with Crippen LogP contribution in [0.2, 0.25) is 0 Å². The van der Waals surface area contributed by atoms with E-state index in [0.29, 0.717) is 0 Å². The van der Waals surface area contributed by atoms with Gasteiger partial charge in [-0.25, -0.2) is 0 Å². The molecule has 1 aromatic rings. The lowest BCUT2D eigenvalue weighted by Crippen LogP contribution is -2.48. The van der Waals surface area contributed by atoms with Crippen LogP contribution < -0.4 is 4.90 Å². The van der Waals surface area contributed by atoms with Crippen molar-refractivity contribution >= 4 is 11.8 Å². The van der Waals surface area contributed by atoms with Crippen molar-refractivity contribution in [3.63, 3.8) is 0 Å². The molecule has 0 atom stereocenters. The van der Waals surface area contributed by atoms with Crippen molar-refractivity contribution in [2.45, 2.75) is 13.3 Å². The van der Waals surface area contributed by atoms with Gasteiger partial charge in [0.1, 0.15) is 0 Å². The summed E-state index contributed by atoms with van der Waals surface area (Å²) in [5.74, 6) is 0.363. The number of hydrogen-bond donors (Lipinski definition) is 1. The van der Waals surface area contributed by atoms with Gasteiger partial charge in [0.2, 0.25) is 0 Å². The van der Waals surface area contributed by atoms with E-state index in [1.54, 1.807) is 0 Å². The third-order valence-electron chi connectivity index (χ3n) is 2.53. The van der Waals surface area contributed by atoms with E-state index in [9.17, 15) is 4.79 Å². The highest BCUT2D eigenvalue weighted by molar-refractivity contribution is 5.67. The molecule has 1 aliphatic heterocycles. The van der Waals surface area contributed by atoms with Crippen LogP contribution in [0.15, 0.2) is 12.1 Å². The number of aliphatic carboxylic acids is 1. The molecule has 5 heteroatoms. The standard InChI is InChI=1S/C10H13N3O2/c1-7-2-3-9(12-11-7)13-5-8(6-13)4-10(14)15/h2-3,8H,4-6H2,1H3,(H,14,15). The number of hydrogen-bond acceptors (Lipinski definition) is 4. The van der Waals surface area contributed by atoms with Crippen molar-refractivity contribution in [3.8, 4) is 0 Å². The van der Waals surface area contributed by atoms with Crippen LogP contribution in [0.3, 0.4) is 0 Å². The maximum absolute atomic E-state index is 10.4. The summed E-state index contributed by atoms with van der Waals surface area (Å²) >= 11 is 0. The Morgan fingerprint density at radius 2 is 2.27 bits per heavy atom. The number of rotatable bonds is 3. The molecule has 0 aliphatic carbocycles. The van der Waals surface area contributed by atoms with E-state index in [-0.39, 0.29) is 12.3 Å². The molecule has 1 fully saturated rings. The first kappa shape index (κ1) is 9.89. The van der Waals surface area contributed by atoms with Crippen molar-refractivity contribution in [1.82, 2.24) is 10.2 Å². The van der Waals surface area contributed by atoms with Crippen molar-refractivity contribution < 1.29 is 9.90 Å². The Morgan fingerprint density at radius 3 is 2.80 bits per heavy atom. The fourth-order valence-electron chi connectivity index (χ4n) is 1.69. The molecule has 0 bridgehead atoms. The highest BCUT2D eigenvalue weighted by atomic mass is 16.4. The Morgan fingerprint density at radius 1 is 1.53 bits per heavy atom. The lowest BCUT2D eigenvalue weighted by molar-refractivity contribution is -0.138. The number of nitrogens with zero attached hydrogens (tertiary/aromatic N) is 3. The fourth-order valence-corrected chi connectivity index (χ4v) is 1.69. The highest BCUT2D eigenvalue weighted by Crippen LogP contribution is 2.24. The normalized spacial score (nSPS) is 16.2. The molecule has 0 aromatic carbocycles. The van der Waals surface area contributed by atoms with Gasteiger partial charge < -0.3 is 10.0 Å². The summed E-state index contributed by atoms with van der Waals surface area (Å²) in [4.78, 5) is 12.5. The van der Waals surface area contributed by atoms with Gasteiger partial charge in [0.25, 0.3) is 0 Å². The van der Waals surface area contributed by atoms with E-state index in [1.807, 2.05) is 24.0 Å². The van der Waals surface area contributed by atoms with Crippen LogP contribution >= 0.6 is 0 Å². The number of carboxylic acids is 1. The number of anilines is 1. The first-order valence-corrected chi connectivity index (χ1v) is 4.92. The molecule has 0 spiro atoms. The van der Waals surface area contributed by atoms with Crippen molar-refractivity contribution in [3.05, 3.63) is 17.8 Å². The van der Waals surface area contributed by atoms with Crippen molar-refractivity contribution in [1.29, 1.82) is 0 Å². The summed E-state index contributed by atoms with van der Waals surface area (Å²) in [6.07, 6.45) is 0.246. The molecule has 5 nitrogen and oxygen atoms in total. The Labute approximate surface area is 87.7 Å². The SMILES string of the molecule is Cc1ccc(N2CC(CC(=O)O)C2)nn1. The van der Waals surface area contributed by atoms with Gasteiger partial charge in [-0.1, -0.05) is 0 Å². The van der Waals surface area contributed by atoms with Crippen LogP contribution in [0.25, 0.3) is 0 Å². The summed E-state index contributed by atoms with van der Waals surface area (Å²) in [5.41, 5.74) is 0.890. The molecule has 80 valence electrons. The van der Waals surface area contributed by atoms with Gasteiger partial charge in [0.15, 0.2) is 5.82 Å². The number of carbonyl (C=O) groups is 1. The fraction of sp³-hybridized carbons (Fsp3) is 0.500. The topological polar surface area (TPSA) is 66.3 Å². The van der Waals surface area contributed by atoms with Gasteiger partial charge in [-0.05, 0) is 19.1 Å². The Hall–Kier alpha value is -1.65. The molecule has 2 heterocycles. The summed E-state index contributed by atoms with van der Waals surface area (Å²) in [5, 5.41) is 16.6. The smallest absolute Gasteiger partial charge is 0.303 e. The molecule has 0 unspecified atom stereocenters. The molecule has 1 aliphatic rings. The predicted octanol–water partition coefficient (Wildman–Crippen LogP) is 0.696. The quantitative estimate of drug-likeness (QED) is 0.790. The zero-order valence-electron chi connectivity index (χ0n) is 8.55. The van der Waals surface area contributed by atoms with E-state index >= 15 is 0 Å². The molecule has 15 heavy (non-hydrogen) atoms. The largest absolute Gasteiger partial charge is 0.481 e. The van der Waals surface area contributed by atoms with Gasteiger partial charge in [0, 0.05) is 19.0 Å². The minimum atomic E-state index is -0.727. The van der Waals surface area contributed by atoms with E-state index in [2.05, 4.69) is 10.2 Å². The first-order chi connectivity index (χ1) is 7.15. The third-order valence-corrected chi connectivity index (χ3v) is 2.53. The Bertz CT molecular complexity index is 357. The summed E-state index contributed by atoms with van der Waals surface area (Å²) < 4.78 is 0. The van der Waals surface area contributed by atoms with Crippen LogP contribution in [0.1, 0.15) is 12.1 Å². The van der Waals surface area contributed by atoms with E-state index in [1.165, 1.54) is 0 Å².